The number of fused-ring (bicyclic) bond motifs is 1. The minimum absolute atomic E-state index is 0.0989. The summed E-state index contributed by atoms with van der Waals surface area (Å²) in [6.07, 6.45) is -3.09. The van der Waals surface area contributed by atoms with Gasteiger partial charge in [-0.2, -0.15) is 13.2 Å². The molecule has 0 bridgehead atoms. The van der Waals surface area contributed by atoms with Gasteiger partial charge >= 0.3 is 6.18 Å². The van der Waals surface area contributed by atoms with Gasteiger partial charge in [-0.1, -0.05) is 30.3 Å². The number of benzene rings is 2. The Morgan fingerprint density at radius 3 is 2.33 bits per heavy atom. The molecule has 1 heterocycles. The molecule has 5 nitrogen and oxygen atoms in total. The molecule has 2 aromatic carbocycles. The lowest BCUT2D eigenvalue weighted by atomic mass is 9.90. The summed E-state index contributed by atoms with van der Waals surface area (Å²) in [5.41, 5.74) is 1.26. The maximum absolute atomic E-state index is 12.9. The van der Waals surface area contributed by atoms with Gasteiger partial charge in [0.05, 0.1) is 11.3 Å². The van der Waals surface area contributed by atoms with Crippen molar-refractivity contribution in [2.75, 3.05) is 18.6 Å². The van der Waals surface area contributed by atoms with Crippen LogP contribution in [0.15, 0.2) is 42.5 Å². The Kier molecular flexibility index (Phi) is 6.03. The number of ketones is 1. The molecular weight excluding hydrogens is 419 g/mol. The van der Waals surface area contributed by atoms with Crippen LogP contribution in [0.5, 0.6) is 0 Å². The van der Waals surface area contributed by atoms with Gasteiger partial charge in [0.25, 0.3) is 0 Å². The zero-order valence-electron chi connectivity index (χ0n) is 16.2. The lowest BCUT2D eigenvalue weighted by molar-refractivity contribution is -0.137. The maximum Gasteiger partial charge on any atom is 0.416 e. The van der Waals surface area contributed by atoms with Gasteiger partial charge in [-0.05, 0) is 29.7 Å². The summed E-state index contributed by atoms with van der Waals surface area (Å²) in [6.45, 7) is 0.596. The number of nitrogens with zero attached hydrogens (tertiary/aromatic N) is 1. The molecule has 0 aliphatic carbocycles. The van der Waals surface area contributed by atoms with E-state index in [2.05, 4.69) is 0 Å². The van der Waals surface area contributed by atoms with Gasteiger partial charge in [0.1, 0.15) is 9.84 Å². The molecule has 0 spiro atoms. The normalized spacial score (nSPS) is 14.3. The number of alkyl halides is 3. The van der Waals surface area contributed by atoms with Crippen molar-refractivity contribution < 1.29 is 31.2 Å². The lowest BCUT2D eigenvalue weighted by Gasteiger charge is -2.30. The number of halogens is 3. The van der Waals surface area contributed by atoms with Gasteiger partial charge in [0.2, 0.25) is 5.91 Å². The largest absolute Gasteiger partial charge is 0.416 e. The fourth-order valence-corrected chi connectivity index (χ4v) is 3.98. The molecule has 0 atom stereocenters. The van der Waals surface area contributed by atoms with Gasteiger partial charge in [0.15, 0.2) is 5.78 Å². The molecule has 3 rings (SSSR count). The highest BCUT2D eigenvalue weighted by atomic mass is 32.2. The van der Waals surface area contributed by atoms with Crippen LogP contribution in [0.1, 0.15) is 39.0 Å². The van der Waals surface area contributed by atoms with Crippen molar-refractivity contribution in [1.29, 1.82) is 0 Å². The third kappa shape index (κ3) is 5.08. The lowest BCUT2D eigenvalue weighted by Crippen LogP contribution is -2.37. The highest BCUT2D eigenvalue weighted by Crippen LogP contribution is 2.30. The highest BCUT2D eigenvalue weighted by molar-refractivity contribution is 7.90. The zero-order chi connectivity index (χ0) is 22.1. The average molecular weight is 439 g/mol. The van der Waals surface area contributed by atoms with E-state index in [0.717, 1.165) is 41.6 Å². The summed E-state index contributed by atoms with van der Waals surface area (Å²) < 4.78 is 60.8. The van der Waals surface area contributed by atoms with Crippen LogP contribution in [-0.2, 0) is 33.8 Å². The summed E-state index contributed by atoms with van der Waals surface area (Å²) in [7, 11) is -3.24. The number of carbonyl (C=O) groups excluding carboxylic acids is 2. The first-order chi connectivity index (χ1) is 14.0. The van der Waals surface area contributed by atoms with Crippen LogP contribution in [-0.4, -0.2) is 43.6 Å². The predicted molar refractivity (Wildman–Crippen MR) is 105 cm³/mol. The van der Waals surface area contributed by atoms with E-state index in [0.29, 0.717) is 18.5 Å². The van der Waals surface area contributed by atoms with E-state index in [-0.39, 0.29) is 36.0 Å². The molecule has 0 saturated heterocycles. The average Bonchev–Trinajstić information content (AvgIpc) is 2.69. The van der Waals surface area contributed by atoms with Gasteiger partial charge in [-0.25, -0.2) is 8.42 Å². The molecule has 160 valence electrons. The number of hydrogen-bond donors (Lipinski definition) is 0. The summed E-state index contributed by atoms with van der Waals surface area (Å²) in [6, 6.07) is 9.16. The summed E-state index contributed by atoms with van der Waals surface area (Å²) >= 11 is 0. The number of sulfone groups is 1. The first-order valence-electron chi connectivity index (χ1n) is 9.24. The zero-order valence-corrected chi connectivity index (χ0v) is 17.0. The third-order valence-corrected chi connectivity index (χ3v) is 5.97. The Morgan fingerprint density at radius 2 is 1.73 bits per heavy atom. The van der Waals surface area contributed by atoms with Crippen molar-refractivity contribution in [2.24, 2.45) is 0 Å². The monoisotopic (exact) mass is 439 g/mol. The van der Waals surface area contributed by atoms with Gasteiger partial charge in [-0.3, -0.25) is 9.59 Å². The van der Waals surface area contributed by atoms with Crippen molar-refractivity contribution in [2.45, 2.75) is 25.6 Å². The van der Waals surface area contributed by atoms with Gasteiger partial charge < -0.3 is 4.90 Å². The molecule has 0 radical (unpaired) electrons. The number of amides is 1. The number of hydrogen-bond acceptors (Lipinski definition) is 4. The van der Waals surface area contributed by atoms with Crippen molar-refractivity contribution >= 4 is 21.5 Å². The number of rotatable bonds is 5. The van der Waals surface area contributed by atoms with Crippen molar-refractivity contribution in [1.82, 2.24) is 4.90 Å². The molecule has 1 amide bonds. The molecule has 9 heteroatoms. The Hall–Kier alpha value is -2.68. The van der Waals surface area contributed by atoms with E-state index in [9.17, 15) is 31.2 Å². The molecule has 0 saturated carbocycles. The topological polar surface area (TPSA) is 71.5 Å². The highest BCUT2D eigenvalue weighted by Gasteiger charge is 2.30. The van der Waals surface area contributed by atoms with E-state index in [4.69, 9.17) is 0 Å². The summed E-state index contributed by atoms with van der Waals surface area (Å²) in [5.74, 6) is -0.871. The fraction of sp³-hybridized carbons (Fsp3) is 0.333. The Balaban J connectivity index is 1.79. The molecule has 0 N–H and O–H groups in total. The predicted octanol–water partition coefficient (Wildman–Crippen LogP) is 3.26. The molecule has 0 fully saturated rings. The fourth-order valence-electron chi connectivity index (χ4n) is 3.43. The molecule has 1 aliphatic rings. The van der Waals surface area contributed by atoms with E-state index >= 15 is 0 Å². The minimum atomic E-state index is -4.47. The maximum atomic E-state index is 12.9. The van der Waals surface area contributed by atoms with E-state index < -0.39 is 21.6 Å². The smallest absolute Gasteiger partial charge is 0.338 e. The van der Waals surface area contributed by atoms with Crippen LogP contribution in [0.25, 0.3) is 0 Å². The second-order valence-corrected chi connectivity index (χ2v) is 9.55. The Bertz CT molecular complexity index is 1080. The second kappa shape index (κ2) is 8.22. The summed E-state index contributed by atoms with van der Waals surface area (Å²) in [5, 5.41) is 0. The quantitative estimate of drug-likeness (QED) is 0.671. The van der Waals surface area contributed by atoms with Crippen molar-refractivity contribution in [3.8, 4) is 0 Å². The second-order valence-electron chi connectivity index (χ2n) is 7.29. The standard InChI is InChI=1S/C21H20F3NO4S/c1-30(28,29)12-10-19(26)25-11-9-17-15(13-25)3-2-4-18(17)20(27)14-5-7-16(8-6-14)21(22,23)24/h2-8H,9-13H2,1H3. The minimum Gasteiger partial charge on any atom is -0.338 e. The Labute approximate surface area is 172 Å². The molecular formula is C21H20F3NO4S. The molecule has 2 aromatic rings. The van der Waals surface area contributed by atoms with E-state index in [1.165, 1.54) is 0 Å². The van der Waals surface area contributed by atoms with E-state index in [1.807, 2.05) is 0 Å². The SMILES string of the molecule is CS(=O)(=O)CCC(=O)N1CCc2c(cccc2C(=O)c2ccc(C(F)(F)F)cc2)C1. The van der Waals surface area contributed by atoms with Crippen LogP contribution in [0, 0.1) is 0 Å². The Morgan fingerprint density at radius 1 is 1.07 bits per heavy atom. The summed E-state index contributed by atoms with van der Waals surface area (Å²) in [4.78, 5) is 26.7. The molecule has 0 unspecified atom stereocenters. The molecule has 0 aromatic heterocycles. The molecule has 1 aliphatic heterocycles. The van der Waals surface area contributed by atoms with Gasteiger partial charge in [-0.15, -0.1) is 0 Å². The molecule has 30 heavy (non-hydrogen) atoms. The van der Waals surface area contributed by atoms with Crippen LogP contribution in [0.3, 0.4) is 0 Å². The van der Waals surface area contributed by atoms with Crippen molar-refractivity contribution in [3.63, 3.8) is 0 Å². The third-order valence-electron chi connectivity index (χ3n) is 5.02. The van der Waals surface area contributed by atoms with E-state index in [1.54, 1.807) is 23.1 Å². The van der Waals surface area contributed by atoms with Crippen molar-refractivity contribution in [3.05, 3.63) is 70.3 Å². The van der Waals surface area contributed by atoms with Crippen LogP contribution in [0.2, 0.25) is 0 Å². The first kappa shape index (κ1) is 22.0. The number of carbonyl (C=O) groups is 2. The van der Waals surface area contributed by atoms with Crippen LogP contribution >= 0.6 is 0 Å². The van der Waals surface area contributed by atoms with Crippen LogP contribution in [0.4, 0.5) is 13.2 Å². The first-order valence-corrected chi connectivity index (χ1v) is 11.3. The van der Waals surface area contributed by atoms with Crippen LogP contribution < -0.4 is 0 Å². The van der Waals surface area contributed by atoms with Gasteiger partial charge in [0, 0.05) is 36.9 Å².